The summed E-state index contributed by atoms with van der Waals surface area (Å²) in [6.07, 6.45) is 2.40. The van der Waals surface area contributed by atoms with Gasteiger partial charge in [0.05, 0.1) is 5.71 Å². The molecular weight excluding hydrogens is 397 g/mol. The van der Waals surface area contributed by atoms with Crippen LogP contribution < -0.4 is 9.47 Å². The lowest BCUT2D eigenvalue weighted by molar-refractivity contribution is 0.293. The Labute approximate surface area is 176 Å². The average Bonchev–Trinajstić information content (AvgIpc) is 2.63. The molecular formula is C22H25Cl2NO3. The Morgan fingerprint density at radius 1 is 0.929 bits per heavy atom. The molecule has 0 radical (unpaired) electrons. The maximum atomic E-state index is 9.12. The minimum Gasteiger partial charge on any atom is -0.489 e. The Morgan fingerprint density at radius 2 is 1.43 bits per heavy atom. The first-order chi connectivity index (χ1) is 13.3. The van der Waals surface area contributed by atoms with Crippen molar-refractivity contribution < 1.29 is 14.7 Å². The molecule has 1 N–H and O–H groups in total. The fraction of sp³-hybridized carbons (Fsp3) is 0.318. The van der Waals surface area contributed by atoms with Crippen LogP contribution in [0.3, 0.4) is 0 Å². The van der Waals surface area contributed by atoms with E-state index < -0.39 is 0 Å². The molecule has 0 aliphatic carbocycles. The van der Waals surface area contributed by atoms with Crippen LogP contribution in [0.4, 0.5) is 0 Å². The molecule has 0 saturated heterocycles. The lowest BCUT2D eigenvalue weighted by Crippen LogP contribution is -2.26. The van der Waals surface area contributed by atoms with Crippen molar-refractivity contribution in [3.8, 4) is 11.5 Å². The van der Waals surface area contributed by atoms with Crippen LogP contribution in [0.1, 0.15) is 31.9 Å². The van der Waals surface area contributed by atoms with Gasteiger partial charge < -0.3 is 14.7 Å². The van der Waals surface area contributed by atoms with E-state index in [0.29, 0.717) is 12.3 Å². The highest BCUT2D eigenvalue weighted by molar-refractivity contribution is 6.55. The zero-order valence-electron chi connectivity index (χ0n) is 16.3. The van der Waals surface area contributed by atoms with Crippen molar-refractivity contribution in [2.24, 2.45) is 10.6 Å². The molecule has 0 saturated carbocycles. The van der Waals surface area contributed by atoms with Gasteiger partial charge in [-0.25, -0.2) is 0 Å². The highest BCUT2D eigenvalue weighted by Gasteiger charge is 2.20. The van der Waals surface area contributed by atoms with E-state index in [1.807, 2.05) is 69.3 Å². The van der Waals surface area contributed by atoms with Crippen molar-refractivity contribution in [2.45, 2.75) is 27.2 Å². The van der Waals surface area contributed by atoms with E-state index in [1.165, 1.54) is 11.1 Å². The summed E-state index contributed by atoms with van der Waals surface area (Å²) in [6.45, 7) is 6.53. The average molecular weight is 422 g/mol. The van der Waals surface area contributed by atoms with E-state index in [-0.39, 0.29) is 16.5 Å². The summed E-state index contributed by atoms with van der Waals surface area (Å²) in [7, 11) is 0. The normalized spacial score (nSPS) is 11.8. The molecule has 0 aromatic heterocycles. The number of hydrogen-bond acceptors (Lipinski definition) is 4. The van der Waals surface area contributed by atoms with Crippen LogP contribution in [0, 0.1) is 5.41 Å². The topological polar surface area (TPSA) is 51.0 Å². The second-order valence-electron chi connectivity index (χ2n) is 7.35. The quantitative estimate of drug-likeness (QED) is 0.312. The molecule has 0 aliphatic rings. The minimum atomic E-state index is -0.239. The van der Waals surface area contributed by atoms with Crippen molar-refractivity contribution in [3.05, 3.63) is 70.2 Å². The van der Waals surface area contributed by atoms with Crippen LogP contribution in [-0.2, 0) is 6.42 Å². The predicted octanol–water partition coefficient (Wildman–Crippen LogP) is 6.23. The lowest BCUT2D eigenvalue weighted by atomic mass is 9.90. The van der Waals surface area contributed by atoms with Crippen LogP contribution in [0.15, 0.2) is 64.3 Å². The maximum absolute atomic E-state index is 9.12. The third-order valence-corrected chi connectivity index (χ3v) is 4.41. The summed E-state index contributed by atoms with van der Waals surface area (Å²) >= 11 is 11.1. The zero-order valence-corrected chi connectivity index (χ0v) is 17.8. The van der Waals surface area contributed by atoms with E-state index in [1.54, 1.807) is 6.08 Å². The number of halogens is 2. The van der Waals surface area contributed by atoms with Gasteiger partial charge in [0, 0.05) is 5.41 Å². The van der Waals surface area contributed by atoms with Crippen molar-refractivity contribution >= 4 is 28.9 Å². The highest BCUT2D eigenvalue weighted by atomic mass is 35.5. The second-order valence-corrected chi connectivity index (χ2v) is 8.36. The van der Waals surface area contributed by atoms with Gasteiger partial charge in [-0.3, -0.25) is 0 Å². The molecule has 0 spiro atoms. The molecule has 2 aromatic rings. The second kappa shape index (κ2) is 10.4. The first-order valence-electron chi connectivity index (χ1n) is 8.94. The van der Waals surface area contributed by atoms with Crippen molar-refractivity contribution in [1.29, 1.82) is 0 Å². The Kier molecular flexibility index (Phi) is 8.21. The van der Waals surface area contributed by atoms with E-state index in [4.69, 9.17) is 37.9 Å². The molecule has 2 rings (SSSR count). The van der Waals surface area contributed by atoms with Crippen LogP contribution in [0.25, 0.3) is 0 Å². The fourth-order valence-electron chi connectivity index (χ4n) is 2.39. The highest BCUT2D eigenvalue weighted by Crippen LogP contribution is 2.20. The summed E-state index contributed by atoms with van der Waals surface area (Å²) < 4.78 is 11.5. The van der Waals surface area contributed by atoms with Gasteiger partial charge in [0.2, 0.25) is 0 Å². The Morgan fingerprint density at radius 3 is 1.86 bits per heavy atom. The molecule has 4 nitrogen and oxygen atoms in total. The monoisotopic (exact) mass is 421 g/mol. The molecule has 6 heteroatoms. The number of nitrogens with zero attached hydrogens (tertiary/aromatic N) is 1. The number of benzene rings is 2. The summed E-state index contributed by atoms with van der Waals surface area (Å²) in [5.41, 5.74) is 2.71. The van der Waals surface area contributed by atoms with E-state index in [0.717, 1.165) is 17.9 Å². The SMILES string of the molecule is CC(C)(C)C(COc1ccc(Cc2ccc(OCC=C(Cl)Cl)cc2)cc1)=NO. The molecule has 0 atom stereocenters. The third-order valence-electron chi connectivity index (χ3n) is 4.10. The summed E-state index contributed by atoms with van der Waals surface area (Å²) in [4.78, 5) is 0. The first kappa shape index (κ1) is 22.1. The standard InChI is InChI=1S/C22H25Cl2NO3/c1-22(2,3)20(25-26)15-28-19-10-6-17(7-11-19)14-16-4-8-18(9-5-16)27-13-12-21(23)24/h4-12,26H,13-15H2,1-3H3. The third kappa shape index (κ3) is 7.45. The van der Waals surface area contributed by atoms with Gasteiger partial charge in [0.1, 0.15) is 29.2 Å². The minimum absolute atomic E-state index is 0.197. The molecule has 0 amide bonds. The van der Waals surface area contributed by atoms with E-state index >= 15 is 0 Å². The smallest absolute Gasteiger partial charge is 0.130 e. The Bertz CT molecular complexity index is 803. The van der Waals surface area contributed by atoms with Gasteiger partial charge in [-0.1, -0.05) is 73.4 Å². The van der Waals surface area contributed by atoms with Crippen molar-refractivity contribution in [1.82, 2.24) is 0 Å². The van der Waals surface area contributed by atoms with Gasteiger partial charge in [0.25, 0.3) is 0 Å². The Hall–Kier alpha value is -2.17. The molecule has 0 fully saturated rings. The summed E-state index contributed by atoms with van der Waals surface area (Å²) in [5.74, 6) is 1.50. The lowest BCUT2D eigenvalue weighted by Gasteiger charge is -2.20. The number of rotatable bonds is 8. The predicted molar refractivity (Wildman–Crippen MR) is 115 cm³/mol. The van der Waals surface area contributed by atoms with Crippen LogP contribution >= 0.6 is 23.2 Å². The molecule has 0 heterocycles. The first-order valence-corrected chi connectivity index (χ1v) is 9.69. The maximum Gasteiger partial charge on any atom is 0.130 e. The van der Waals surface area contributed by atoms with Gasteiger partial charge in [-0.2, -0.15) is 0 Å². The summed E-state index contributed by atoms with van der Waals surface area (Å²) in [5, 5.41) is 12.5. The number of oxime groups is 1. The molecule has 0 unspecified atom stereocenters. The van der Waals surface area contributed by atoms with Gasteiger partial charge in [-0.15, -0.1) is 0 Å². The van der Waals surface area contributed by atoms with Crippen LogP contribution in [-0.4, -0.2) is 24.1 Å². The largest absolute Gasteiger partial charge is 0.489 e. The van der Waals surface area contributed by atoms with Crippen molar-refractivity contribution in [3.63, 3.8) is 0 Å². The molecule has 28 heavy (non-hydrogen) atoms. The molecule has 2 aromatic carbocycles. The van der Waals surface area contributed by atoms with Crippen LogP contribution in [0.5, 0.6) is 11.5 Å². The molecule has 0 aliphatic heterocycles. The molecule has 150 valence electrons. The van der Waals surface area contributed by atoms with E-state index in [9.17, 15) is 0 Å². The van der Waals surface area contributed by atoms with Gasteiger partial charge >= 0.3 is 0 Å². The number of hydrogen-bond donors (Lipinski definition) is 1. The van der Waals surface area contributed by atoms with Gasteiger partial charge in [0.15, 0.2) is 0 Å². The summed E-state index contributed by atoms with van der Waals surface area (Å²) in [6, 6.07) is 15.8. The number of ether oxygens (including phenoxy) is 2. The van der Waals surface area contributed by atoms with Crippen LogP contribution in [0.2, 0.25) is 0 Å². The van der Waals surface area contributed by atoms with Gasteiger partial charge in [-0.05, 0) is 47.9 Å². The van der Waals surface area contributed by atoms with E-state index in [2.05, 4.69) is 5.16 Å². The van der Waals surface area contributed by atoms with Crippen molar-refractivity contribution in [2.75, 3.05) is 13.2 Å². The fourth-order valence-corrected chi connectivity index (χ4v) is 2.52. The zero-order chi connectivity index (χ0) is 20.6. The Balaban J connectivity index is 1.89. The molecule has 0 bridgehead atoms.